The van der Waals surface area contributed by atoms with Gasteiger partial charge in [0.15, 0.2) is 5.82 Å². The number of hydrogen-bond acceptors (Lipinski definition) is 4. The lowest BCUT2D eigenvalue weighted by Crippen LogP contribution is -2.08. The number of halogens is 1. The van der Waals surface area contributed by atoms with Crippen LogP contribution in [0.5, 0.6) is 0 Å². The van der Waals surface area contributed by atoms with Gasteiger partial charge in [0.1, 0.15) is 5.82 Å². The molecular formula is C14H9ClN4S. The highest BCUT2D eigenvalue weighted by Gasteiger charge is 2.22. The molecule has 0 unspecified atom stereocenters. The van der Waals surface area contributed by atoms with Crippen LogP contribution in [0.4, 0.5) is 0 Å². The lowest BCUT2D eigenvalue weighted by molar-refractivity contribution is 0.922. The topological polar surface area (TPSA) is 43.6 Å². The van der Waals surface area contributed by atoms with Gasteiger partial charge in [0.05, 0.1) is 11.4 Å². The predicted octanol–water partition coefficient (Wildman–Crippen LogP) is 3.59. The van der Waals surface area contributed by atoms with Gasteiger partial charge in [0.2, 0.25) is 0 Å². The summed E-state index contributed by atoms with van der Waals surface area (Å²) < 4.78 is 2.09. The maximum absolute atomic E-state index is 6.07. The fourth-order valence-corrected chi connectivity index (χ4v) is 3.51. The first kappa shape index (κ1) is 11.9. The summed E-state index contributed by atoms with van der Waals surface area (Å²) in [5.74, 6) is 2.59. The number of nitrogens with zero attached hydrogens (tertiary/aromatic N) is 4. The minimum Gasteiger partial charge on any atom is -0.277 e. The van der Waals surface area contributed by atoms with Gasteiger partial charge in [-0.15, -0.1) is 22.0 Å². The second-order valence-electron chi connectivity index (χ2n) is 4.41. The molecule has 0 fully saturated rings. The molecule has 1 aliphatic heterocycles. The van der Waals surface area contributed by atoms with E-state index >= 15 is 0 Å². The molecule has 0 radical (unpaired) electrons. The SMILES string of the molecule is Clc1ccc2c(c1)SCc1nnc(-c3ccncc3)n1-2. The van der Waals surface area contributed by atoms with Crippen LogP contribution in [0.25, 0.3) is 17.1 Å². The third-order valence-corrected chi connectivity index (χ3v) is 4.46. The van der Waals surface area contributed by atoms with Gasteiger partial charge in [-0.2, -0.15) is 0 Å². The Morgan fingerprint density at radius 3 is 2.80 bits per heavy atom. The van der Waals surface area contributed by atoms with E-state index in [-0.39, 0.29) is 0 Å². The number of benzene rings is 1. The van der Waals surface area contributed by atoms with Gasteiger partial charge in [-0.1, -0.05) is 11.6 Å². The van der Waals surface area contributed by atoms with E-state index in [1.54, 1.807) is 24.2 Å². The average Bonchev–Trinajstić information content (AvgIpc) is 2.92. The molecule has 4 rings (SSSR count). The normalized spacial score (nSPS) is 12.8. The molecule has 6 heteroatoms. The standard InChI is InChI=1S/C14H9ClN4S/c15-10-1-2-11-12(7-10)20-8-13-17-18-14(19(11)13)9-3-5-16-6-4-9/h1-7H,8H2. The lowest BCUT2D eigenvalue weighted by Gasteiger charge is -2.19. The number of aromatic nitrogens is 4. The highest BCUT2D eigenvalue weighted by molar-refractivity contribution is 7.98. The van der Waals surface area contributed by atoms with Crippen LogP contribution in [-0.2, 0) is 5.75 Å². The van der Waals surface area contributed by atoms with Gasteiger partial charge in [0, 0.05) is 27.9 Å². The third-order valence-electron chi connectivity index (χ3n) is 3.19. The Kier molecular flexibility index (Phi) is 2.75. The van der Waals surface area contributed by atoms with Crippen molar-refractivity contribution in [1.82, 2.24) is 19.7 Å². The van der Waals surface area contributed by atoms with E-state index in [1.165, 1.54) is 0 Å². The summed E-state index contributed by atoms with van der Waals surface area (Å²) in [6.45, 7) is 0. The zero-order valence-electron chi connectivity index (χ0n) is 10.3. The van der Waals surface area contributed by atoms with Crippen molar-refractivity contribution in [2.24, 2.45) is 0 Å². The van der Waals surface area contributed by atoms with Gasteiger partial charge < -0.3 is 0 Å². The smallest absolute Gasteiger partial charge is 0.168 e. The summed E-state index contributed by atoms with van der Waals surface area (Å²) in [6.07, 6.45) is 3.52. The molecule has 4 nitrogen and oxygen atoms in total. The summed E-state index contributed by atoms with van der Waals surface area (Å²) in [4.78, 5) is 5.20. The van der Waals surface area contributed by atoms with Crippen molar-refractivity contribution in [3.63, 3.8) is 0 Å². The van der Waals surface area contributed by atoms with E-state index in [0.29, 0.717) is 0 Å². The molecule has 3 heterocycles. The fourth-order valence-electron chi connectivity index (χ4n) is 2.28. The van der Waals surface area contributed by atoms with E-state index in [0.717, 1.165) is 38.6 Å². The van der Waals surface area contributed by atoms with Crippen LogP contribution in [0.15, 0.2) is 47.6 Å². The fraction of sp³-hybridized carbons (Fsp3) is 0.0714. The Hall–Kier alpha value is -1.85. The minimum absolute atomic E-state index is 0.748. The van der Waals surface area contributed by atoms with Crippen LogP contribution in [-0.4, -0.2) is 19.7 Å². The molecule has 0 bridgehead atoms. The molecule has 0 saturated carbocycles. The molecule has 0 saturated heterocycles. The first-order valence-electron chi connectivity index (χ1n) is 6.10. The second kappa shape index (κ2) is 4.61. The van der Waals surface area contributed by atoms with Crippen molar-refractivity contribution in [2.45, 2.75) is 10.6 Å². The molecule has 98 valence electrons. The largest absolute Gasteiger partial charge is 0.277 e. The highest BCUT2D eigenvalue weighted by Crippen LogP contribution is 2.38. The first-order chi connectivity index (χ1) is 9.83. The molecule has 0 N–H and O–H groups in total. The number of rotatable bonds is 1. The van der Waals surface area contributed by atoms with Gasteiger partial charge in [-0.3, -0.25) is 9.55 Å². The molecule has 0 spiro atoms. The zero-order chi connectivity index (χ0) is 13.5. The van der Waals surface area contributed by atoms with Crippen LogP contribution >= 0.6 is 23.4 Å². The van der Waals surface area contributed by atoms with Crippen molar-refractivity contribution < 1.29 is 0 Å². The maximum atomic E-state index is 6.07. The van der Waals surface area contributed by atoms with Crippen molar-refractivity contribution in [2.75, 3.05) is 0 Å². The molecule has 0 amide bonds. The second-order valence-corrected chi connectivity index (χ2v) is 5.87. The van der Waals surface area contributed by atoms with Gasteiger partial charge in [-0.25, -0.2) is 0 Å². The summed E-state index contributed by atoms with van der Waals surface area (Å²) in [7, 11) is 0. The Labute approximate surface area is 124 Å². The van der Waals surface area contributed by atoms with Crippen LogP contribution < -0.4 is 0 Å². The van der Waals surface area contributed by atoms with Gasteiger partial charge in [0.25, 0.3) is 0 Å². The quantitative estimate of drug-likeness (QED) is 0.689. The van der Waals surface area contributed by atoms with Gasteiger partial charge in [-0.05, 0) is 30.3 Å². The van der Waals surface area contributed by atoms with E-state index in [2.05, 4.69) is 19.7 Å². The van der Waals surface area contributed by atoms with Crippen molar-refractivity contribution in [3.8, 4) is 17.1 Å². The van der Waals surface area contributed by atoms with Crippen LogP contribution in [0.1, 0.15) is 5.82 Å². The third kappa shape index (κ3) is 1.82. The Morgan fingerprint density at radius 1 is 1.10 bits per heavy atom. The maximum Gasteiger partial charge on any atom is 0.168 e. The number of pyridine rings is 1. The van der Waals surface area contributed by atoms with E-state index in [1.807, 2.05) is 30.3 Å². The molecule has 0 aliphatic carbocycles. The zero-order valence-corrected chi connectivity index (χ0v) is 11.9. The minimum atomic E-state index is 0.748. The molecular weight excluding hydrogens is 292 g/mol. The van der Waals surface area contributed by atoms with Crippen LogP contribution in [0.2, 0.25) is 5.02 Å². The summed E-state index contributed by atoms with van der Waals surface area (Å²) in [5, 5.41) is 9.37. The summed E-state index contributed by atoms with van der Waals surface area (Å²) >= 11 is 7.81. The first-order valence-corrected chi connectivity index (χ1v) is 7.47. The van der Waals surface area contributed by atoms with Gasteiger partial charge >= 0.3 is 0 Å². The average molecular weight is 301 g/mol. The number of hydrogen-bond donors (Lipinski definition) is 0. The lowest BCUT2D eigenvalue weighted by atomic mass is 10.2. The number of thioether (sulfide) groups is 1. The molecule has 1 aromatic carbocycles. The van der Waals surface area contributed by atoms with E-state index in [9.17, 15) is 0 Å². The Balaban J connectivity index is 1.96. The molecule has 0 atom stereocenters. The molecule has 2 aromatic heterocycles. The summed E-state index contributed by atoms with van der Waals surface area (Å²) in [6, 6.07) is 9.78. The Bertz CT molecular complexity index is 785. The Morgan fingerprint density at radius 2 is 1.95 bits per heavy atom. The molecule has 1 aliphatic rings. The van der Waals surface area contributed by atoms with E-state index in [4.69, 9.17) is 11.6 Å². The van der Waals surface area contributed by atoms with E-state index < -0.39 is 0 Å². The summed E-state index contributed by atoms with van der Waals surface area (Å²) in [5.41, 5.74) is 2.09. The van der Waals surface area contributed by atoms with Crippen molar-refractivity contribution in [3.05, 3.63) is 53.6 Å². The molecule has 20 heavy (non-hydrogen) atoms. The number of fused-ring (bicyclic) bond motifs is 3. The van der Waals surface area contributed by atoms with Crippen molar-refractivity contribution in [1.29, 1.82) is 0 Å². The monoisotopic (exact) mass is 300 g/mol. The van der Waals surface area contributed by atoms with Crippen molar-refractivity contribution >= 4 is 23.4 Å². The van der Waals surface area contributed by atoms with Crippen LogP contribution in [0.3, 0.4) is 0 Å². The molecule has 3 aromatic rings. The highest BCUT2D eigenvalue weighted by atomic mass is 35.5. The van der Waals surface area contributed by atoms with Crippen LogP contribution in [0, 0.1) is 0 Å². The predicted molar refractivity (Wildman–Crippen MR) is 79.2 cm³/mol.